The molecule has 1 aliphatic heterocycles. The minimum Gasteiger partial charge on any atom is -0.385 e. The van der Waals surface area contributed by atoms with Crippen molar-refractivity contribution in [1.82, 2.24) is 0 Å². The van der Waals surface area contributed by atoms with E-state index in [9.17, 15) is 4.79 Å². The van der Waals surface area contributed by atoms with Crippen molar-refractivity contribution in [3.8, 4) is 11.8 Å². The number of benzene rings is 1. The van der Waals surface area contributed by atoms with Crippen molar-refractivity contribution in [2.45, 2.75) is 19.8 Å². The minimum atomic E-state index is -0.266. The summed E-state index contributed by atoms with van der Waals surface area (Å²) in [5.41, 5.74) is 3.22. The lowest BCUT2D eigenvalue weighted by atomic mass is 10.0. The second-order valence-electron chi connectivity index (χ2n) is 3.73. The number of fused-ring (bicyclic) bond motifs is 1. The first-order chi connectivity index (χ1) is 7.79. The fourth-order valence-corrected chi connectivity index (χ4v) is 1.81. The Balaban J connectivity index is 2.16. The Labute approximate surface area is 95.2 Å². The Bertz CT molecular complexity index is 469. The van der Waals surface area contributed by atoms with Gasteiger partial charge in [-0.15, -0.1) is 0 Å². The van der Waals surface area contributed by atoms with Crippen LogP contribution >= 0.6 is 0 Å². The van der Waals surface area contributed by atoms with Gasteiger partial charge in [0.1, 0.15) is 0 Å². The van der Waals surface area contributed by atoms with Gasteiger partial charge in [0.15, 0.2) is 0 Å². The second kappa shape index (κ2) is 4.71. The highest BCUT2D eigenvalue weighted by atomic mass is 16.1. The van der Waals surface area contributed by atoms with Gasteiger partial charge in [-0.1, -0.05) is 12.0 Å². The summed E-state index contributed by atoms with van der Waals surface area (Å²) in [6.45, 7) is 2.65. The van der Waals surface area contributed by atoms with Crippen molar-refractivity contribution in [1.29, 1.82) is 0 Å². The van der Waals surface area contributed by atoms with Gasteiger partial charge in [0.05, 0.1) is 0 Å². The number of carbonyl (C=O) groups excluding carboxylic acids is 1. The maximum absolute atomic E-state index is 11.3. The number of hydrogen-bond donors (Lipinski definition) is 2. The van der Waals surface area contributed by atoms with Gasteiger partial charge in [0.25, 0.3) is 5.91 Å². The number of nitrogens with one attached hydrogen (secondary N) is 2. The SMILES string of the molecule is CC#CC(=O)Nc1ccc2c(c1)NCCC2. The van der Waals surface area contributed by atoms with Gasteiger partial charge in [-0.2, -0.15) is 0 Å². The summed E-state index contributed by atoms with van der Waals surface area (Å²) < 4.78 is 0. The second-order valence-corrected chi connectivity index (χ2v) is 3.73. The van der Waals surface area contributed by atoms with Gasteiger partial charge in [0, 0.05) is 17.9 Å². The van der Waals surface area contributed by atoms with Gasteiger partial charge in [-0.25, -0.2) is 0 Å². The molecule has 0 spiro atoms. The van der Waals surface area contributed by atoms with Crippen LogP contribution in [0.25, 0.3) is 0 Å². The van der Waals surface area contributed by atoms with Gasteiger partial charge in [-0.05, 0) is 43.4 Å². The highest BCUT2D eigenvalue weighted by Gasteiger charge is 2.09. The zero-order valence-electron chi connectivity index (χ0n) is 9.26. The molecule has 82 valence electrons. The van der Waals surface area contributed by atoms with Crippen LogP contribution in [0.2, 0.25) is 0 Å². The summed E-state index contributed by atoms with van der Waals surface area (Å²) in [4.78, 5) is 11.3. The average Bonchev–Trinajstić information content (AvgIpc) is 2.29. The van der Waals surface area contributed by atoms with E-state index in [1.54, 1.807) is 6.92 Å². The molecule has 3 heteroatoms. The van der Waals surface area contributed by atoms with Crippen LogP contribution in [0.15, 0.2) is 18.2 Å². The summed E-state index contributed by atoms with van der Waals surface area (Å²) in [6.07, 6.45) is 2.27. The zero-order chi connectivity index (χ0) is 11.4. The van der Waals surface area contributed by atoms with Gasteiger partial charge in [0.2, 0.25) is 0 Å². The van der Waals surface area contributed by atoms with E-state index in [-0.39, 0.29) is 5.91 Å². The Morgan fingerprint density at radius 2 is 2.38 bits per heavy atom. The normalized spacial score (nSPS) is 12.8. The van der Waals surface area contributed by atoms with Crippen LogP contribution in [0.3, 0.4) is 0 Å². The predicted octanol–water partition coefficient (Wildman–Crippen LogP) is 2.01. The Morgan fingerprint density at radius 3 is 3.19 bits per heavy atom. The number of aryl methyl sites for hydroxylation is 1. The van der Waals surface area contributed by atoms with Crippen LogP contribution in [-0.4, -0.2) is 12.5 Å². The average molecular weight is 214 g/mol. The van der Waals surface area contributed by atoms with E-state index in [0.717, 1.165) is 24.3 Å². The van der Waals surface area contributed by atoms with Gasteiger partial charge >= 0.3 is 0 Å². The van der Waals surface area contributed by atoms with Crippen LogP contribution in [0, 0.1) is 11.8 Å². The molecule has 2 rings (SSSR count). The fraction of sp³-hybridized carbons (Fsp3) is 0.308. The molecule has 1 aliphatic rings. The van der Waals surface area contributed by atoms with Crippen molar-refractivity contribution in [3.63, 3.8) is 0 Å². The Kier molecular flexibility index (Phi) is 3.11. The molecule has 3 nitrogen and oxygen atoms in total. The van der Waals surface area contributed by atoms with Crippen molar-refractivity contribution >= 4 is 17.3 Å². The summed E-state index contributed by atoms with van der Waals surface area (Å²) in [7, 11) is 0. The molecule has 16 heavy (non-hydrogen) atoms. The molecule has 0 unspecified atom stereocenters. The van der Waals surface area contributed by atoms with Crippen LogP contribution in [0.1, 0.15) is 18.9 Å². The van der Waals surface area contributed by atoms with E-state index in [0.29, 0.717) is 0 Å². The topological polar surface area (TPSA) is 41.1 Å². The van der Waals surface area contributed by atoms with E-state index in [1.807, 2.05) is 12.1 Å². The van der Waals surface area contributed by atoms with E-state index >= 15 is 0 Å². The highest BCUT2D eigenvalue weighted by Crippen LogP contribution is 2.25. The molecule has 1 amide bonds. The maximum Gasteiger partial charge on any atom is 0.300 e. The van der Waals surface area contributed by atoms with Crippen molar-refractivity contribution in [3.05, 3.63) is 23.8 Å². The number of hydrogen-bond acceptors (Lipinski definition) is 2. The van der Waals surface area contributed by atoms with Crippen molar-refractivity contribution in [2.24, 2.45) is 0 Å². The number of amides is 1. The highest BCUT2D eigenvalue weighted by molar-refractivity contribution is 6.04. The smallest absolute Gasteiger partial charge is 0.300 e. The third kappa shape index (κ3) is 2.34. The summed E-state index contributed by atoms with van der Waals surface area (Å²) >= 11 is 0. The van der Waals surface area contributed by atoms with Gasteiger partial charge in [-0.3, -0.25) is 4.79 Å². The zero-order valence-corrected chi connectivity index (χ0v) is 9.26. The molecule has 1 aromatic rings. The van der Waals surface area contributed by atoms with Crippen LogP contribution in [0.5, 0.6) is 0 Å². The quantitative estimate of drug-likeness (QED) is 0.702. The minimum absolute atomic E-state index is 0.266. The molecule has 0 radical (unpaired) electrons. The first kappa shape index (κ1) is 10.6. The molecule has 0 fully saturated rings. The standard InChI is InChI=1S/C13H14N2O/c1-2-4-13(16)15-11-7-6-10-5-3-8-14-12(10)9-11/h6-7,9,14H,3,5,8H2,1H3,(H,15,16). The molecule has 0 aromatic heterocycles. The molecule has 1 aromatic carbocycles. The van der Waals surface area contributed by atoms with E-state index < -0.39 is 0 Å². The fourth-order valence-electron chi connectivity index (χ4n) is 1.81. The third-order valence-corrected chi connectivity index (χ3v) is 2.54. The lowest BCUT2D eigenvalue weighted by Crippen LogP contribution is -2.13. The largest absolute Gasteiger partial charge is 0.385 e. The number of carbonyl (C=O) groups is 1. The van der Waals surface area contributed by atoms with Crippen LogP contribution < -0.4 is 10.6 Å². The van der Waals surface area contributed by atoms with E-state index in [2.05, 4.69) is 28.5 Å². The molecular formula is C13H14N2O. The Morgan fingerprint density at radius 1 is 1.50 bits per heavy atom. The molecule has 0 saturated carbocycles. The van der Waals surface area contributed by atoms with Crippen LogP contribution in [0.4, 0.5) is 11.4 Å². The van der Waals surface area contributed by atoms with Crippen LogP contribution in [-0.2, 0) is 11.2 Å². The summed E-state index contributed by atoms with van der Waals surface area (Å²) in [5.74, 6) is 4.76. The van der Waals surface area contributed by atoms with E-state index in [4.69, 9.17) is 0 Å². The molecule has 0 atom stereocenters. The molecule has 0 saturated heterocycles. The monoisotopic (exact) mass is 214 g/mol. The third-order valence-electron chi connectivity index (χ3n) is 2.54. The lowest BCUT2D eigenvalue weighted by molar-refractivity contribution is -0.111. The number of rotatable bonds is 1. The van der Waals surface area contributed by atoms with Crippen molar-refractivity contribution < 1.29 is 4.79 Å². The predicted molar refractivity (Wildman–Crippen MR) is 65.3 cm³/mol. The first-order valence-corrected chi connectivity index (χ1v) is 5.40. The molecular weight excluding hydrogens is 200 g/mol. The van der Waals surface area contributed by atoms with Crippen molar-refractivity contribution in [2.75, 3.05) is 17.2 Å². The number of anilines is 2. The first-order valence-electron chi connectivity index (χ1n) is 5.40. The maximum atomic E-state index is 11.3. The molecule has 0 aliphatic carbocycles. The molecule has 2 N–H and O–H groups in total. The summed E-state index contributed by atoms with van der Waals surface area (Å²) in [5, 5.41) is 6.06. The van der Waals surface area contributed by atoms with Gasteiger partial charge < -0.3 is 10.6 Å². The lowest BCUT2D eigenvalue weighted by Gasteiger charge is -2.18. The molecule has 1 heterocycles. The molecule has 0 bridgehead atoms. The Hall–Kier alpha value is -1.95. The van der Waals surface area contributed by atoms with E-state index in [1.165, 1.54) is 12.0 Å². The summed E-state index contributed by atoms with van der Waals surface area (Å²) in [6, 6.07) is 5.93.